The summed E-state index contributed by atoms with van der Waals surface area (Å²) >= 11 is 0. The molecule has 55 heavy (non-hydrogen) atoms. The highest BCUT2D eigenvalue weighted by Gasteiger charge is 2.46. The van der Waals surface area contributed by atoms with Crippen molar-refractivity contribution in [3.8, 4) is 16.8 Å². The number of para-hydroxylation sites is 1. The van der Waals surface area contributed by atoms with Crippen molar-refractivity contribution in [2.75, 3.05) is 0 Å². The van der Waals surface area contributed by atoms with E-state index in [0.717, 1.165) is 11.2 Å². The topological polar surface area (TPSA) is 17.8 Å². The fraction of sp³-hybridized carbons (Fsp3) is 0.151. The maximum Gasteiger partial charge on any atom is 0.0724 e. The molecule has 3 aliphatic rings. The van der Waals surface area contributed by atoms with Crippen LogP contribution in [0, 0.1) is 24.2 Å². The Hall–Kier alpha value is -6.25. The Bertz CT molecular complexity index is 2730. The van der Waals surface area contributed by atoms with E-state index in [4.69, 9.17) is 0 Å². The molecule has 2 heteroatoms. The molecule has 0 saturated heterocycles. The molecule has 2 aromatic heterocycles. The van der Waals surface area contributed by atoms with Gasteiger partial charge < -0.3 is 4.57 Å². The van der Waals surface area contributed by atoms with E-state index in [0.29, 0.717) is 11.8 Å². The van der Waals surface area contributed by atoms with Gasteiger partial charge in [-0.15, -0.1) is 0 Å². The summed E-state index contributed by atoms with van der Waals surface area (Å²) in [7, 11) is 0. The van der Waals surface area contributed by atoms with Gasteiger partial charge in [0.2, 0.25) is 0 Å². The van der Waals surface area contributed by atoms with Gasteiger partial charge in [-0.25, -0.2) is 0 Å². The molecule has 0 saturated carbocycles. The van der Waals surface area contributed by atoms with E-state index in [2.05, 4.69) is 201 Å². The lowest BCUT2D eigenvalue weighted by Crippen LogP contribution is -2.34. The summed E-state index contributed by atoms with van der Waals surface area (Å²) in [5.74, 6) is 0.911. The standard InChI is InChI=1S/C53H44N2/c1-34-13-16-40(17-14-34)52-47-11-6-5-10-46(47)51(43-26-15-35(2)31-36(43)3)48-32-41(27-29-53(48,52)4)39-20-18-37(19-21-39)38-22-24-42(25-23-38)55-49-12-8-7-9-44(49)45-28-30-54-33-50(45)55/h5-33,36,43,52H,1-4H3. The van der Waals surface area contributed by atoms with Crippen LogP contribution in [0.5, 0.6) is 0 Å². The zero-order chi connectivity index (χ0) is 37.3. The van der Waals surface area contributed by atoms with Crippen LogP contribution in [0.4, 0.5) is 0 Å². The van der Waals surface area contributed by atoms with E-state index in [-0.39, 0.29) is 11.3 Å². The molecule has 5 aromatic carbocycles. The largest absolute Gasteiger partial charge is 0.308 e. The number of aryl methyl sites for hydroxylation is 1. The number of allylic oxidation sites excluding steroid dienone is 10. The molecular formula is C53H44N2. The maximum absolute atomic E-state index is 4.46. The number of hydrogen-bond donors (Lipinski definition) is 0. The summed E-state index contributed by atoms with van der Waals surface area (Å²) in [5, 5.41) is 2.47. The third-order valence-electron chi connectivity index (χ3n) is 12.5. The van der Waals surface area contributed by atoms with Crippen molar-refractivity contribution in [3.63, 3.8) is 0 Å². The summed E-state index contributed by atoms with van der Waals surface area (Å²) in [5.41, 5.74) is 17.8. The van der Waals surface area contributed by atoms with Crippen LogP contribution in [0.1, 0.15) is 54.5 Å². The first-order valence-electron chi connectivity index (χ1n) is 19.6. The van der Waals surface area contributed by atoms with E-state index in [1.54, 1.807) is 0 Å². The van der Waals surface area contributed by atoms with E-state index < -0.39 is 0 Å². The van der Waals surface area contributed by atoms with Gasteiger partial charge in [0, 0.05) is 39.9 Å². The summed E-state index contributed by atoms with van der Waals surface area (Å²) in [6.07, 6.45) is 18.5. The summed E-state index contributed by atoms with van der Waals surface area (Å²) < 4.78 is 2.32. The molecule has 0 amide bonds. The molecular weight excluding hydrogens is 665 g/mol. The zero-order valence-electron chi connectivity index (χ0n) is 31.9. The van der Waals surface area contributed by atoms with Crippen LogP contribution in [-0.2, 0) is 0 Å². The average molecular weight is 709 g/mol. The van der Waals surface area contributed by atoms with Crippen molar-refractivity contribution in [1.82, 2.24) is 9.55 Å². The molecule has 0 radical (unpaired) electrons. The summed E-state index contributed by atoms with van der Waals surface area (Å²) in [4.78, 5) is 4.46. The van der Waals surface area contributed by atoms with Gasteiger partial charge in [0.25, 0.3) is 0 Å². The Kier molecular flexibility index (Phi) is 7.85. The third kappa shape index (κ3) is 5.42. The molecule has 0 spiro atoms. The van der Waals surface area contributed by atoms with Gasteiger partial charge >= 0.3 is 0 Å². The molecule has 2 nitrogen and oxygen atoms in total. The van der Waals surface area contributed by atoms with Gasteiger partial charge in [-0.2, -0.15) is 0 Å². The zero-order valence-corrected chi connectivity index (χ0v) is 31.9. The summed E-state index contributed by atoms with van der Waals surface area (Å²) in [6, 6.07) is 47.2. The minimum atomic E-state index is -0.208. The molecule has 266 valence electrons. The quantitative estimate of drug-likeness (QED) is 0.174. The smallest absolute Gasteiger partial charge is 0.0724 e. The lowest BCUT2D eigenvalue weighted by molar-refractivity contribution is 0.441. The van der Waals surface area contributed by atoms with E-state index >= 15 is 0 Å². The first-order valence-corrected chi connectivity index (χ1v) is 19.6. The van der Waals surface area contributed by atoms with Gasteiger partial charge in [0.05, 0.1) is 17.2 Å². The first kappa shape index (κ1) is 33.3. The van der Waals surface area contributed by atoms with Crippen LogP contribution in [0.2, 0.25) is 0 Å². The fourth-order valence-electron chi connectivity index (χ4n) is 9.74. The van der Waals surface area contributed by atoms with Crippen LogP contribution < -0.4 is 0 Å². The Morgan fingerprint density at radius 1 is 0.673 bits per heavy atom. The molecule has 10 rings (SSSR count). The molecule has 0 fully saturated rings. The SMILES string of the molecule is CC1=CC(C)C(C2=C3C=C(c4ccc(-c5ccc(-n6c7ccccc7c7ccncc76)cc5)cc4)C=CC3(C)C(c3ccc(C)cc3)c3ccccc32)C=C1. The van der Waals surface area contributed by atoms with Crippen molar-refractivity contribution in [2.24, 2.45) is 17.3 Å². The molecule has 0 bridgehead atoms. The molecule has 4 unspecified atom stereocenters. The van der Waals surface area contributed by atoms with Crippen molar-refractivity contribution in [2.45, 2.75) is 33.6 Å². The first-order chi connectivity index (χ1) is 26.9. The number of pyridine rings is 1. The second-order valence-corrected chi connectivity index (χ2v) is 16.0. The number of benzene rings is 5. The number of aromatic nitrogens is 2. The highest BCUT2D eigenvalue weighted by molar-refractivity contribution is 6.08. The van der Waals surface area contributed by atoms with E-state index in [9.17, 15) is 0 Å². The highest BCUT2D eigenvalue weighted by atomic mass is 15.0. The number of rotatable bonds is 5. The molecule has 4 atom stereocenters. The van der Waals surface area contributed by atoms with Crippen LogP contribution in [0.25, 0.3) is 49.8 Å². The monoisotopic (exact) mass is 708 g/mol. The Labute approximate surface area is 324 Å². The van der Waals surface area contributed by atoms with Gasteiger partial charge in [0.1, 0.15) is 0 Å². The minimum absolute atomic E-state index is 0.208. The predicted octanol–water partition coefficient (Wildman–Crippen LogP) is 13.5. The predicted molar refractivity (Wildman–Crippen MR) is 231 cm³/mol. The number of fused-ring (bicyclic) bond motifs is 5. The maximum atomic E-state index is 4.46. The Balaban J connectivity index is 1.04. The second kappa shape index (κ2) is 13.0. The van der Waals surface area contributed by atoms with Crippen molar-refractivity contribution in [3.05, 3.63) is 215 Å². The van der Waals surface area contributed by atoms with E-state index in [1.165, 1.54) is 77.5 Å². The summed E-state index contributed by atoms with van der Waals surface area (Å²) in [6.45, 7) is 9.24. The normalized spacial score (nSPS) is 21.7. The number of hydrogen-bond acceptors (Lipinski definition) is 1. The lowest BCUT2D eigenvalue weighted by atomic mass is 9.56. The van der Waals surface area contributed by atoms with Crippen LogP contribution in [0.15, 0.2) is 187 Å². The van der Waals surface area contributed by atoms with Gasteiger partial charge in [-0.05, 0) is 100 Å². The highest BCUT2D eigenvalue weighted by Crippen LogP contribution is 2.59. The van der Waals surface area contributed by atoms with E-state index in [1.807, 2.05) is 12.4 Å². The van der Waals surface area contributed by atoms with Gasteiger partial charge in [0.15, 0.2) is 0 Å². The molecule has 3 aliphatic carbocycles. The van der Waals surface area contributed by atoms with Crippen LogP contribution in [0.3, 0.4) is 0 Å². The third-order valence-corrected chi connectivity index (χ3v) is 12.5. The Morgan fingerprint density at radius 3 is 2.15 bits per heavy atom. The van der Waals surface area contributed by atoms with Crippen molar-refractivity contribution in [1.29, 1.82) is 0 Å². The minimum Gasteiger partial charge on any atom is -0.308 e. The fourth-order valence-corrected chi connectivity index (χ4v) is 9.74. The average Bonchev–Trinajstić information content (AvgIpc) is 3.55. The molecule has 2 heterocycles. The lowest BCUT2D eigenvalue weighted by Gasteiger charge is -2.47. The van der Waals surface area contributed by atoms with Crippen molar-refractivity contribution >= 4 is 33.0 Å². The molecule has 0 aliphatic heterocycles. The Morgan fingerprint density at radius 2 is 1.36 bits per heavy atom. The van der Waals surface area contributed by atoms with Crippen molar-refractivity contribution < 1.29 is 0 Å². The molecule has 7 aromatic rings. The van der Waals surface area contributed by atoms with Crippen LogP contribution >= 0.6 is 0 Å². The molecule has 0 N–H and O–H groups in total. The van der Waals surface area contributed by atoms with Gasteiger partial charge in [-0.1, -0.05) is 158 Å². The number of nitrogens with zero attached hydrogens (tertiary/aromatic N) is 2. The van der Waals surface area contributed by atoms with Gasteiger partial charge in [-0.3, -0.25) is 4.98 Å². The second-order valence-electron chi connectivity index (χ2n) is 16.0. The van der Waals surface area contributed by atoms with Crippen LogP contribution in [-0.4, -0.2) is 9.55 Å².